The van der Waals surface area contributed by atoms with E-state index in [0.717, 1.165) is 69.6 Å². The van der Waals surface area contributed by atoms with Gasteiger partial charge < -0.3 is 14.2 Å². The molecule has 0 aromatic carbocycles. The highest BCUT2D eigenvalue weighted by Gasteiger charge is 2.19. The molecule has 0 aliphatic heterocycles. The molecule has 0 heterocycles. The predicted octanol–water partition coefficient (Wildman–Crippen LogP) is 20.0. The molecule has 6 heteroatoms. The van der Waals surface area contributed by atoms with E-state index in [-0.39, 0.29) is 31.1 Å². The maximum Gasteiger partial charge on any atom is 0.306 e. The van der Waals surface area contributed by atoms with Gasteiger partial charge in [-0.1, -0.05) is 304 Å². The molecule has 1 atom stereocenters. The van der Waals surface area contributed by atoms with Crippen LogP contribution in [0.5, 0.6) is 0 Å². The number of esters is 3. The Balaban J connectivity index is 4.24. The van der Waals surface area contributed by atoms with E-state index < -0.39 is 6.10 Å². The normalized spacial score (nSPS) is 12.0. The molecule has 0 amide bonds. The van der Waals surface area contributed by atoms with Gasteiger partial charge >= 0.3 is 17.9 Å². The highest BCUT2D eigenvalue weighted by molar-refractivity contribution is 5.71. The summed E-state index contributed by atoms with van der Waals surface area (Å²) in [6.07, 6.45) is 58.1. The average molecular weight is 948 g/mol. The van der Waals surface area contributed by atoms with E-state index >= 15 is 0 Å². The minimum atomic E-state index is -0.763. The Morgan fingerprint density at radius 2 is 0.493 bits per heavy atom. The van der Waals surface area contributed by atoms with Crippen LogP contribution in [-0.2, 0) is 28.6 Å². The molecule has 398 valence electrons. The second-order valence-electron chi connectivity index (χ2n) is 21.9. The zero-order valence-electron chi connectivity index (χ0n) is 46.0. The minimum absolute atomic E-state index is 0.0623. The predicted molar refractivity (Wildman–Crippen MR) is 289 cm³/mol. The quantitative estimate of drug-likeness (QED) is 0.0343. The van der Waals surface area contributed by atoms with Crippen LogP contribution in [0.2, 0.25) is 0 Å². The fourth-order valence-corrected chi connectivity index (χ4v) is 9.40. The molecule has 0 aromatic rings. The lowest BCUT2D eigenvalue weighted by Gasteiger charge is -2.18. The van der Waals surface area contributed by atoms with Gasteiger partial charge in [-0.25, -0.2) is 0 Å². The summed E-state index contributed by atoms with van der Waals surface area (Å²) in [5.41, 5.74) is 0. The van der Waals surface area contributed by atoms with Crippen molar-refractivity contribution >= 4 is 17.9 Å². The largest absolute Gasteiger partial charge is 0.462 e. The maximum atomic E-state index is 12.9. The molecule has 0 spiro atoms. The van der Waals surface area contributed by atoms with Gasteiger partial charge in [-0.05, 0) is 31.1 Å². The van der Waals surface area contributed by atoms with Crippen molar-refractivity contribution < 1.29 is 28.6 Å². The Morgan fingerprint density at radius 3 is 0.731 bits per heavy atom. The molecule has 0 saturated heterocycles. The SMILES string of the molecule is CCCCCCCCCCCCCCCCC(=O)O[C@@H](COC(=O)CCCCCCCCCCCCCCCCCCCCC(C)C)COC(=O)CCCCCCCCCCCCCC(C)C. The summed E-state index contributed by atoms with van der Waals surface area (Å²) in [5.74, 6) is 0.850. The molecule has 6 nitrogen and oxygen atoms in total. The number of carbonyl (C=O) groups excluding carboxylic acids is 3. The van der Waals surface area contributed by atoms with Crippen LogP contribution >= 0.6 is 0 Å². The van der Waals surface area contributed by atoms with Crippen LogP contribution in [0, 0.1) is 11.8 Å². The van der Waals surface area contributed by atoms with Crippen molar-refractivity contribution in [1.29, 1.82) is 0 Å². The Bertz CT molecular complexity index is 1020. The lowest BCUT2D eigenvalue weighted by atomic mass is 10.0. The average Bonchev–Trinajstić information content (AvgIpc) is 3.30. The number of hydrogen-bond acceptors (Lipinski definition) is 6. The molecule has 67 heavy (non-hydrogen) atoms. The third-order valence-corrected chi connectivity index (χ3v) is 14.0. The standard InChI is InChI=1S/C61H118O6/c1-6-7-8-9-10-11-12-13-21-27-33-38-43-48-53-61(64)67-58(55-66-60(63)52-47-42-37-32-28-23-25-30-35-40-45-50-57(4)5)54-65-59(62)51-46-41-36-31-26-22-19-17-15-14-16-18-20-24-29-34-39-44-49-56(2)3/h56-58H,6-55H2,1-5H3/t58-/m0/s1. The van der Waals surface area contributed by atoms with Crippen molar-refractivity contribution in [2.45, 2.75) is 349 Å². The van der Waals surface area contributed by atoms with Crippen molar-refractivity contribution in [2.24, 2.45) is 11.8 Å². The second kappa shape index (κ2) is 53.8. The molecule has 0 aliphatic rings. The Morgan fingerprint density at radius 1 is 0.284 bits per heavy atom. The van der Waals surface area contributed by atoms with Gasteiger partial charge in [-0.15, -0.1) is 0 Å². The first-order valence-electron chi connectivity index (χ1n) is 30.2. The van der Waals surface area contributed by atoms with Crippen LogP contribution in [0.4, 0.5) is 0 Å². The summed E-state index contributed by atoms with van der Waals surface area (Å²) in [5, 5.41) is 0. The minimum Gasteiger partial charge on any atom is -0.462 e. The monoisotopic (exact) mass is 947 g/mol. The van der Waals surface area contributed by atoms with Crippen LogP contribution in [0.25, 0.3) is 0 Å². The van der Waals surface area contributed by atoms with E-state index in [4.69, 9.17) is 14.2 Å². The van der Waals surface area contributed by atoms with Crippen molar-refractivity contribution in [2.75, 3.05) is 13.2 Å². The number of ether oxygens (including phenoxy) is 3. The maximum absolute atomic E-state index is 12.9. The summed E-state index contributed by atoms with van der Waals surface area (Å²) in [6.45, 7) is 11.4. The zero-order valence-corrected chi connectivity index (χ0v) is 46.0. The molecule has 0 aromatic heterocycles. The first-order valence-corrected chi connectivity index (χ1v) is 30.2. The topological polar surface area (TPSA) is 78.9 Å². The first kappa shape index (κ1) is 65.4. The van der Waals surface area contributed by atoms with E-state index in [1.54, 1.807) is 0 Å². The third kappa shape index (κ3) is 55.2. The molecule has 0 rings (SSSR count). The van der Waals surface area contributed by atoms with Crippen LogP contribution < -0.4 is 0 Å². The van der Waals surface area contributed by atoms with E-state index in [1.807, 2.05) is 0 Å². The van der Waals surface area contributed by atoms with Crippen molar-refractivity contribution in [1.82, 2.24) is 0 Å². The van der Waals surface area contributed by atoms with Crippen LogP contribution in [0.3, 0.4) is 0 Å². The van der Waals surface area contributed by atoms with Crippen LogP contribution in [0.15, 0.2) is 0 Å². The molecular formula is C61H118O6. The molecular weight excluding hydrogens is 829 g/mol. The molecule has 0 aliphatic carbocycles. The summed E-state index contributed by atoms with van der Waals surface area (Å²) in [4.78, 5) is 38.2. The van der Waals surface area contributed by atoms with Crippen molar-refractivity contribution in [3.05, 3.63) is 0 Å². The number of carbonyl (C=O) groups is 3. The fraction of sp³-hybridized carbons (Fsp3) is 0.951. The number of rotatable bonds is 55. The van der Waals surface area contributed by atoms with Gasteiger partial charge in [0.15, 0.2) is 6.10 Å². The summed E-state index contributed by atoms with van der Waals surface area (Å²) < 4.78 is 16.9. The third-order valence-electron chi connectivity index (χ3n) is 14.0. The first-order chi connectivity index (χ1) is 32.7. The van der Waals surface area contributed by atoms with Gasteiger partial charge in [0.25, 0.3) is 0 Å². The van der Waals surface area contributed by atoms with Crippen molar-refractivity contribution in [3.63, 3.8) is 0 Å². The number of hydrogen-bond donors (Lipinski definition) is 0. The van der Waals surface area contributed by atoms with Gasteiger partial charge in [0.2, 0.25) is 0 Å². The lowest BCUT2D eigenvalue weighted by molar-refractivity contribution is -0.167. The second-order valence-corrected chi connectivity index (χ2v) is 21.9. The fourth-order valence-electron chi connectivity index (χ4n) is 9.40. The van der Waals surface area contributed by atoms with Crippen molar-refractivity contribution in [3.8, 4) is 0 Å². The smallest absolute Gasteiger partial charge is 0.306 e. The Hall–Kier alpha value is -1.59. The summed E-state index contributed by atoms with van der Waals surface area (Å²) in [6, 6.07) is 0. The lowest BCUT2D eigenvalue weighted by Crippen LogP contribution is -2.30. The summed E-state index contributed by atoms with van der Waals surface area (Å²) in [7, 11) is 0. The van der Waals surface area contributed by atoms with E-state index in [1.165, 1.54) is 231 Å². The van der Waals surface area contributed by atoms with Gasteiger partial charge in [0, 0.05) is 19.3 Å². The molecule has 0 N–H and O–H groups in total. The highest BCUT2D eigenvalue weighted by atomic mass is 16.6. The Labute approximate surface area is 418 Å². The van der Waals surface area contributed by atoms with Crippen LogP contribution in [0.1, 0.15) is 343 Å². The molecule has 0 unspecified atom stereocenters. The van der Waals surface area contributed by atoms with E-state index in [0.29, 0.717) is 19.3 Å². The summed E-state index contributed by atoms with van der Waals surface area (Å²) >= 11 is 0. The zero-order chi connectivity index (χ0) is 48.9. The van der Waals surface area contributed by atoms with Gasteiger partial charge in [0.05, 0.1) is 0 Å². The molecule has 0 bridgehead atoms. The molecule has 0 radical (unpaired) electrons. The molecule has 0 saturated carbocycles. The van der Waals surface area contributed by atoms with Gasteiger partial charge in [0.1, 0.15) is 13.2 Å². The number of unbranched alkanes of at least 4 members (excludes halogenated alkanes) is 40. The van der Waals surface area contributed by atoms with Gasteiger partial charge in [-0.2, -0.15) is 0 Å². The van der Waals surface area contributed by atoms with E-state index in [2.05, 4.69) is 34.6 Å². The van der Waals surface area contributed by atoms with Gasteiger partial charge in [-0.3, -0.25) is 14.4 Å². The molecule has 0 fully saturated rings. The van der Waals surface area contributed by atoms with E-state index in [9.17, 15) is 14.4 Å². The highest BCUT2D eigenvalue weighted by Crippen LogP contribution is 2.18. The van der Waals surface area contributed by atoms with Crippen LogP contribution in [-0.4, -0.2) is 37.2 Å². The Kier molecular flexibility index (Phi) is 52.5.